The van der Waals surface area contributed by atoms with Gasteiger partial charge < -0.3 is 19.7 Å². The van der Waals surface area contributed by atoms with Crippen molar-refractivity contribution in [1.29, 1.82) is 0 Å². The summed E-state index contributed by atoms with van der Waals surface area (Å²) in [5.74, 6) is 0.838. The van der Waals surface area contributed by atoms with Gasteiger partial charge in [-0.2, -0.15) is 0 Å². The molecule has 1 fully saturated rings. The highest BCUT2D eigenvalue weighted by atomic mass is 32.1. The van der Waals surface area contributed by atoms with Gasteiger partial charge in [-0.3, -0.25) is 0 Å². The van der Waals surface area contributed by atoms with E-state index in [1.165, 1.54) is 0 Å². The first kappa shape index (κ1) is 14.1. The molecule has 1 aliphatic rings. The summed E-state index contributed by atoms with van der Waals surface area (Å²) in [5, 5.41) is 3.99. The molecule has 5 heteroatoms. The normalized spacial score (nSPS) is 23.0. The van der Waals surface area contributed by atoms with Gasteiger partial charge in [0.25, 0.3) is 0 Å². The zero-order chi connectivity index (χ0) is 13.8. The molecule has 1 heterocycles. The van der Waals surface area contributed by atoms with E-state index in [1.54, 1.807) is 7.11 Å². The minimum atomic E-state index is 0.208. The molecule has 0 radical (unpaired) electrons. The van der Waals surface area contributed by atoms with E-state index in [2.05, 4.69) is 24.1 Å². The van der Waals surface area contributed by atoms with Crippen LogP contribution in [0.1, 0.15) is 13.8 Å². The maximum Gasteiger partial charge on any atom is 0.173 e. The van der Waals surface area contributed by atoms with Crippen molar-refractivity contribution in [3.8, 4) is 5.75 Å². The number of morpholine rings is 1. The monoisotopic (exact) mass is 280 g/mol. The second kappa shape index (κ2) is 6.21. The van der Waals surface area contributed by atoms with Crippen molar-refractivity contribution < 1.29 is 9.47 Å². The molecule has 2 atom stereocenters. The lowest BCUT2D eigenvalue weighted by atomic mass is 10.2. The van der Waals surface area contributed by atoms with Crippen LogP contribution in [0, 0.1) is 0 Å². The maximum atomic E-state index is 5.70. The van der Waals surface area contributed by atoms with Gasteiger partial charge in [0.05, 0.1) is 19.3 Å². The fraction of sp³-hybridized carbons (Fsp3) is 0.500. The van der Waals surface area contributed by atoms with Crippen molar-refractivity contribution in [2.75, 3.05) is 25.5 Å². The number of hydrogen-bond acceptors (Lipinski definition) is 3. The number of nitrogens with zero attached hydrogens (tertiary/aromatic N) is 1. The third-order valence-electron chi connectivity index (χ3n) is 3.05. The van der Waals surface area contributed by atoms with Crippen LogP contribution in [-0.4, -0.2) is 42.4 Å². The van der Waals surface area contributed by atoms with E-state index in [-0.39, 0.29) is 12.2 Å². The van der Waals surface area contributed by atoms with Crippen LogP contribution < -0.4 is 10.1 Å². The van der Waals surface area contributed by atoms with Crippen LogP contribution in [0.4, 0.5) is 5.69 Å². The largest absolute Gasteiger partial charge is 0.497 e. The fourth-order valence-electron chi connectivity index (χ4n) is 2.22. The van der Waals surface area contributed by atoms with Crippen molar-refractivity contribution in [2.45, 2.75) is 26.1 Å². The van der Waals surface area contributed by atoms with E-state index >= 15 is 0 Å². The summed E-state index contributed by atoms with van der Waals surface area (Å²) in [5.41, 5.74) is 0.970. The van der Waals surface area contributed by atoms with Gasteiger partial charge in [0.15, 0.2) is 5.11 Å². The van der Waals surface area contributed by atoms with Gasteiger partial charge in [0.2, 0.25) is 0 Å². The highest BCUT2D eigenvalue weighted by Crippen LogP contribution is 2.17. The number of rotatable bonds is 2. The Bertz CT molecular complexity index is 426. The van der Waals surface area contributed by atoms with Crippen molar-refractivity contribution in [1.82, 2.24) is 4.90 Å². The lowest BCUT2D eigenvalue weighted by molar-refractivity contribution is -0.0473. The molecule has 0 unspecified atom stereocenters. The fourth-order valence-corrected chi connectivity index (χ4v) is 2.49. The summed E-state index contributed by atoms with van der Waals surface area (Å²) < 4.78 is 10.8. The first-order valence-electron chi connectivity index (χ1n) is 6.44. The molecule has 104 valence electrons. The van der Waals surface area contributed by atoms with Gasteiger partial charge in [0.1, 0.15) is 5.75 Å². The first-order valence-corrected chi connectivity index (χ1v) is 6.84. The van der Waals surface area contributed by atoms with Crippen LogP contribution in [0.15, 0.2) is 24.3 Å². The number of ether oxygens (including phenoxy) is 2. The van der Waals surface area contributed by atoms with Gasteiger partial charge in [-0.15, -0.1) is 0 Å². The van der Waals surface area contributed by atoms with Crippen molar-refractivity contribution in [3.05, 3.63) is 24.3 Å². The number of thiocarbonyl (C=S) groups is 1. The van der Waals surface area contributed by atoms with E-state index in [9.17, 15) is 0 Å². The Balaban J connectivity index is 1.96. The minimum absolute atomic E-state index is 0.208. The third-order valence-corrected chi connectivity index (χ3v) is 3.41. The van der Waals surface area contributed by atoms with Crippen LogP contribution >= 0.6 is 12.2 Å². The van der Waals surface area contributed by atoms with Crippen molar-refractivity contribution in [3.63, 3.8) is 0 Å². The summed E-state index contributed by atoms with van der Waals surface area (Å²) >= 11 is 5.45. The molecule has 2 rings (SSSR count). The van der Waals surface area contributed by atoms with E-state index in [0.717, 1.165) is 29.6 Å². The zero-order valence-corrected chi connectivity index (χ0v) is 12.4. The quantitative estimate of drug-likeness (QED) is 0.842. The summed E-state index contributed by atoms with van der Waals surface area (Å²) in [6.07, 6.45) is 0.415. The van der Waals surface area contributed by atoms with Crippen molar-refractivity contribution in [2.24, 2.45) is 0 Å². The molecule has 1 aromatic carbocycles. The van der Waals surface area contributed by atoms with Gasteiger partial charge in [-0.05, 0) is 50.3 Å². The van der Waals surface area contributed by atoms with Gasteiger partial charge in [0, 0.05) is 18.8 Å². The predicted octanol–water partition coefficient (Wildman–Crippen LogP) is 2.50. The molecule has 0 bridgehead atoms. The maximum absolute atomic E-state index is 5.70. The second-order valence-electron chi connectivity index (χ2n) is 4.82. The molecule has 0 aliphatic carbocycles. The van der Waals surface area contributed by atoms with Crippen LogP contribution in [0.5, 0.6) is 5.75 Å². The summed E-state index contributed by atoms with van der Waals surface area (Å²) in [6, 6.07) is 7.74. The van der Waals surface area contributed by atoms with E-state index in [4.69, 9.17) is 21.7 Å². The van der Waals surface area contributed by atoms with Crippen molar-refractivity contribution >= 4 is 23.0 Å². The predicted molar refractivity (Wildman–Crippen MR) is 80.8 cm³/mol. The minimum Gasteiger partial charge on any atom is -0.497 e. The Morgan fingerprint density at radius 3 is 2.37 bits per heavy atom. The Morgan fingerprint density at radius 2 is 1.84 bits per heavy atom. The average Bonchev–Trinajstić information content (AvgIpc) is 2.38. The topological polar surface area (TPSA) is 33.7 Å². The number of nitrogens with one attached hydrogen (secondary N) is 1. The van der Waals surface area contributed by atoms with Crippen LogP contribution in [0.3, 0.4) is 0 Å². The van der Waals surface area contributed by atoms with Crippen LogP contribution in [0.25, 0.3) is 0 Å². The highest BCUT2D eigenvalue weighted by Gasteiger charge is 2.23. The molecule has 0 aromatic heterocycles. The van der Waals surface area contributed by atoms with Crippen LogP contribution in [0.2, 0.25) is 0 Å². The molecule has 4 nitrogen and oxygen atoms in total. The summed E-state index contributed by atoms with van der Waals surface area (Å²) in [6.45, 7) is 5.79. The number of methoxy groups -OCH3 is 1. The molecule has 1 saturated heterocycles. The summed E-state index contributed by atoms with van der Waals surface area (Å²) in [7, 11) is 1.66. The van der Waals surface area contributed by atoms with Gasteiger partial charge in [-0.1, -0.05) is 0 Å². The number of anilines is 1. The molecule has 1 aliphatic heterocycles. The first-order chi connectivity index (χ1) is 9.08. The molecule has 0 spiro atoms. The van der Waals surface area contributed by atoms with E-state index in [0.29, 0.717) is 0 Å². The Kier molecular flexibility index (Phi) is 4.61. The molecular formula is C14H20N2O2S. The third kappa shape index (κ3) is 3.81. The molecule has 1 N–H and O–H groups in total. The van der Waals surface area contributed by atoms with Crippen LogP contribution in [-0.2, 0) is 4.74 Å². The van der Waals surface area contributed by atoms with E-state index in [1.807, 2.05) is 24.3 Å². The molecule has 0 amide bonds. The average molecular weight is 280 g/mol. The van der Waals surface area contributed by atoms with Gasteiger partial charge in [-0.25, -0.2) is 0 Å². The molecular weight excluding hydrogens is 260 g/mol. The number of benzene rings is 1. The van der Waals surface area contributed by atoms with E-state index < -0.39 is 0 Å². The zero-order valence-electron chi connectivity index (χ0n) is 11.6. The SMILES string of the molecule is COc1ccc(NC(=S)N2C[C@@H](C)O[C@@H](C)C2)cc1. The Morgan fingerprint density at radius 1 is 1.26 bits per heavy atom. The van der Waals surface area contributed by atoms with Gasteiger partial charge >= 0.3 is 0 Å². The lowest BCUT2D eigenvalue weighted by Gasteiger charge is -2.36. The highest BCUT2D eigenvalue weighted by molar-refractivity contribution is 7.80. The molecule has 0 saturated carbocycles. The molecule has 19 heavy (non-hydrogen) atoms. The standard InChI is InChI=1S/C14H20N2O2S/c1-10-8-16(9-11(2)18-10)14(19)15-12-4-6-13(17-3)7-5-12/h4-7,10-11H,8-9H2,1-3H3,(H,15,19)/t10-,11+. The Labute approximate surface area is 119 Å². The second-order valence-corrected chi connectivity index (χ2v) is 5.21. The Hall–Kier alpha value is -1.33. The summed E-state index contributed by atoms with van der Waals surface area (Å²) in [4.78, 5) is 2.15. The molecule has 1 aromatic rings. The lowest BCUT2D eigenvalue weighted by Crippen LogP contribution is -2.49. The number of hydrogen-bond donors (Lipinski definition) is 1. The smallest absolute Gasteiger partial charge is 0.173 e.